The zero-order valence-electron chi connectivity index (χ0n) is 6.11. The molecule has 0 saturated carbocycles. The Kier molecular flexibility index (Phi) is 2.52. The molecule has 0 saturated heterocycles. The summed E-state index contributed by atoms with van der Waals surface area (Å²) in [5.74, 6) is 0. The van der Waals surface area contributed by atoms with Crippen LogP contribution in [0.25, 0.3) is 0 Å². The van der Waals surface area contributed by atoms with Gasteiger partial charge in [-0.25, -0.2) is 0 Å². The average Bonchev–Trinajstić information content (AvgIpc) is 1.88. The topological polar surface area (TPSA) is 0 Å². The Labute approximate surface area is 68.7 Å². The van der Waals surface area contributed by atoms with E-state index in [1.165, 1.54) is 16.3 Å². The van der Waals surface area contributed by atoms with Crippen molar-refractivity contribution in [1.29, 1.82) is 0 Å². The summed E-state index contributed by atoms with van der Waals surface area (Å²) in [4.78, 5) is 0. The van der Waals surface area contributed by atoms with Crippen LogP contribution in [-0.4, -0.2) is 8.83 Å². The highest BCUT2D eigenvalue weighted by atomic mass is 35.6. The van der Waals surface area contributed by atoms with Crippen molar-refractivity contribution in [2.75, 3.05) is 0 Å². The van der Waals surface area contributed by atoms with Crippen LogP contribution < -0.4 is 5.19 Å². The van der Waals surface area contributed by atoms with Gasteiger partial charge in [0, 0.05) is 0 Å². The standard InChI is InChI=1S/C8H9ClSi/c1-6-3-4-8(10-9)7(2)5-6/h3-5H,1-2H3. The van der Waals surface area contributed by atoms with Crippen molar-refractivity contribution in [3.05, 3.63) is 29.3 Å². The first-order chi connectivity index (χ1) is 4.74. The summed E-state index contributed by atoms with van der Waals surface area (Å²) in [7, 11) is 0.397. The molecular formula is C8H9ClSi. The lowest BCUT2D eigenvalue weighted by molar-refractivity contribution is 1.41. The van der Waals surface area contributed by atoms with Gasteiger partial charge in [0.2, 0.25) is 8.83 Å². The quantitative estimate of drug-likeness (QED) is 0.443. The lowest BCUT2D eigenvalue weighted by atomic mass is 10.2. The molecule has 2 heteroatoms. The summed E-state index contributed by atoms with van der Waals surface area (Å²) in [5, 5.41) is 1.26. The van der Waals surface area contributed by atoms with Crippen LogP contribution in [0.3, 0.4) is 0 Å². The second-order valence-corrected chi connectivity index (χ2v) is 3.71. The molecule has 0 aliphatic heterocycles. The molecule has 0 nitrogen and oxygen atoms in total. The molecule has 1 aromatic rings. The minimum atomic E-state index is 0.397. The maximum atomic E-state index is 5.71. The van der Waals surface area contributed by atoms with E-state index in [2.05, 4.69) is 32.0 Å². The fraction of sp³-hybridized carbons (Fsp3) is 0.250. The molecule has 0 amide bonds. The molecule has 0 N–H and O–H groups in total. The summed E-state index contributed by atoms with van der Waals surface area (Å²) in [5.41, 5.74) is 2.60. The normalized spacial score (nSPS) is 9.90. The van der Waals surface area contributed by atoms with Gasteiger partial charge in [-0.3, -0.25) is 0 Å². The van der Waals surface area contributed by atoms with Gasteiger partial charge in [-0.2, -0.15) is 11.1 Å². The van der Waals surface area contributed by atoms with E-state index in [9.17, 15) is 0 Å². The van der Waals surface area contributed by atoms with Crippen molar-refractivity contribution in [3.8, 4) is 0 Å². The molecule has 0 atom stereocenters. The number of aryl methyl sites for hydroxylation is 2. The molecule has 0 bridgehead atoms. The Bertz CT molecular complexity index is 233. The Morgan fingerprint density at radius 2 is 2.00 bits per heavy atom. The fourth-order valence-corrected chi connectivity index (χ4v) is 1.92. The van der Waals surface area contributed by atoms with Crippen LogP contribution in [-0.2, 0) is 0 Å². The third kappa shape index (κ3) is 1.61. The lowest BCUT2D eigenvalue weighted by Gasteiger charge is -2.00. The average molecular weight is 169 g/mol. The highest BCUT2D eigenvalue weighted by molar-refractivity contribution is 7.01. The molecule has 0 unspecified atom stereocenters. The van der Waals surface area contributed by atoms with E-state index in [1.54, 1.807) is 0 Å². The molecule has 52 valence electrons. The third-order valence-corrected chi connectivity index (χ3v) is 2.86. The predicted octanol–water partition coefficient (Wildman–Crippen LogP) is 1.79. The minimum Gasteiger partial charge on any atom is -0.165 e. The second-order valence-electron chi connectivity index (χ2n) is 2.41. The van der Waals surface area contributed by atoms with Crippen LogP contribution in [0.15, 0.2) is 18.2 Å². The highest BCUT2D eigenvalue weighted by Crippen LogP contribution is 1.99. The third-order valence-electron chi connectivity index (χ3n) is 1.48. The van der Waals surface area contributed by atoms with E-state index in [4.69, 9.17) is 11.1 Å². The van der Waals surface area contributed by atoms with Gasteiger partial charge in [0.1, 0.15) is 0 Å². The minimum absolute atomic E-state index is 0.397. The van der Waals surface area contributed by atoms with Crippen molar-refractivity contribution in [3.63, 3.8) is 0 Å². The molecule has 0 heterocycles. The van der Waals surface area contributed by atoms with Crippen LogP contribution in [0, 0.1) is 13.8 Å². The van der Waals surface area contributed by atoms with Gasteiger partial charge in [0.25, 0.3) is 0 Å². The molecule has 0 aliphatic rings. The largest absolute Gasteiger partial charge is 0.210 e. The lowest BCUT2D eigenvalue weighted by Crippen LogP contribution is -2.12. The maximum absolute atomic E-state index is 5.71. The predicted molar refractivity (Wildman–Crippen MR) is 47.2 cm³/mol. The Hall–Kier alpha value is -0.273. The van der Waals surface area contributed by atoms with Gasteiger partial charge < -0.3 is 0 Å². The summed E-state index contributed by atoms with van der Waals surface area (Å²) in [6.07, 6.45) is 0. The molecule has 0 aliphatic carbocycles. The number of benzene rings is 1. The number of hydrogen-bond donors (Lipinski definition) is 0. The molecule has 1 aromatic carbocycles. The summed E-state index contributed by atoms with van der Waals surface area (Å²) in [6.45, 7) is 4.19. The Morgan fingerprint density at radius 3 is 2.50 bits per heavy atom. The van der Waals surface area contributed by atoms with Crippen molar-refractivity contribution in [1.82, 2.24) is 0 Å². The maximum Gasteiger partial charge on any atom is 0.210 e. The molecule has 2 radical (unpaired) electrons. The highest BCUT2D eigenvalue weighted by Gasteiger charge is 1.95. The van der Waals surface area contributed by atoms with Crippen LogP contribution >= 0.6 is 11.1 Å². The van der Waals surface area contributed by atoms with E-state index in [1.807, 2.05) is 0 Å². The molecule has 1 rings (SSSR count). The Balaban J connectivity index is 3.07. The van der Waals surface area contributed by atoms with Crippen molar-refractivity contribution in [2.45, 2.75) is 13.8 Å². The zero-order valence-corrected chi connectivity index (χ0v) is 7.87. The first-order valence-electron chi connectivity index (χ1n) is 3.18. The van der Waals surface area contributed by atoms with Crippen LogP contribution in [0.5, 0.6) is 0 Å². The molecule has 0 aromatic heterocycles. The van der Waals surface area contributed by atoms with Crippen molar-refractivity contribution in [2.24, 2.45) is 0 Å². The summed E-state index contributed by atoms with van der Waals surface area (Å²) in [6, 6.07) is 6.35. The van der Waals surface area contributed by atoms with Crippen LogP contribution in [0.1, 0.15) is 11.1 Å². The molecular weight excluding hydrogens is 160 g/mol. The molecule has 10 heavy (non-hydrogen) atoms. The number of halogens is 1. The van der Waals surface area contributed by atoms with E-state index in [-0.39, 0.29) is 0 Å². The molecule has 0 spiro atoms. The summed E-state index contributed by atoms with van der Waals surface area (Å²) >= 11 is 5.71. The monoisotopic (exact) mass is 168 g/mol. The zero-order chi connectivity index (χ0) is 7.56. The van der Waals surface area contributed by atoms with Crippen LogP contribution in [0.4, 0.5) is 0 Å². The van der Waals surface area contributed by atoms with Crippen LogP contribution in [0.2, 0.25) is 0 Å². The van der Waals surface area contributed by atoms with Gasteiger partial charge in [0.05, 0.1) is 0 Å². The van der Waals surface area contributed by atoms with E-state index >= 15 is 0 Å². The van der Waals surface area contributed by atoms with Gasteiger partial charge in [-0.1, -0.05) is 29.3 Å². The summed E-state index contributed by atoms with van der Waals surface area (Å²) < 4.78 is 0. The van der Waals surface area contributed by atoms with Gasteiger partial charge >= 0.3 is 0 Å². The number of hydrogen-bond acceptors (Lipinski definition) is 0. The van der Waals surface area contributed by atoms with Crippen molar-refractivity contribution >= 4 is 25.1 Å². The van der Waals surface area contributed by atoms with E-state index in [0.717, 1.165) is 0 Å². The first-order valence-corrected chi connectivity index (χ1v) is 5.19. The Morgan fingerprint density at radius 1 is 1.30 bits per heavy atom. The fourth-order valence-electron chi connectivity index (χ4n) is 0.920. The van der Waals surface area contributed by atoms with Gasteiger partial charge in [0.15, 0.2) is 0 Å². The smallest absolute Gasteiger partial charge is 0.165 e. The van der Waals surface area contributed by atoms with E-state index < -0.39 is 0 Å². The van der Waals surface area contributed by atoms with Gasteiger partial charge in [-0.15, -0.1) is 0 Å². The SMILES string of the molecule is Cc1ccc([Si]Cl)c(C)c1. The van der Waals surface area contributed by atoms with Crippen molar-refractivity contribution < 1.29 is 0 Å². The van der Waals surface area contributed by atoms with Gasteiger partial charge in [-0.05, 0) is 19.0 Å². The first kappa shape index (κ1) is 7.83. The van der Waals surface area contributed by atoms with E-state index in [0.29, 0.717) is 8.83 Å². The molecule has 0 fully saturated rings. The number of rotatable bonds is 1. The second kappa shape index (κ2) is 3.22.